The lowest BCUT2D eigenvalue weighted by Crippen LogP contribution is -2.53. The van der Waals surface area contributed by atoms with E-state index in [1.807, 2.05) is 6.07 Å². The van der Waals surface area contributed by atoms with Crippen LogP contribution in [0.1, 0.15) is 43.5 Å². The van der Waals surface area contributed by atoms with E-state index in [9.17, 15) is 45.3 Å². The summed E-state index contributed by atoms with van der Waals surface area (Å²) in [7, 11) is -8.71. The maximum atomic E-state index is 13.8. The molecule has 0 saturated carbocycles. The monoisotopic (exact) mass is 566 g/mol. The van der Waals surface area contributed by atoms with E-state index in [0.717, 1.165) is 36.6 Å². The van der Waals surface area contributed by atoms with Gasteiger partial charge in [0, 0.05) is 12.0 Å². The zero-order valence-corrected chi connectivity index (χ0v) is 22.1. The first-order chi connectivity index (χ1) is 17.5. The molecule has 0 bridgehead atoms. The topological polar surface area (TPSA) is 139 Å². The van der Waals surface area contributed by atoms with Gasteiger partial charge >= 0.3 is 12.2 Å². The molecule has 0 aromatic heterocycles. The zero-order valence-electron chi connectivity index (χ0n) is 20.5. The Hall–Kier alpha value is -3.88. The van der Waals surface area contributed by atoms with Gasteiger partial charge in [-0.3, -0.25) is 4.90 Å². The predicted octanol–water partition coefficient (Wildman–Crippen LogP) is 4.50. The molecule has 1 aliphatic rings. The quantitative estimate of drug-likeness (QED) is 0.519. The number of allylic oxidation sites excluding steroid dienone is 1. The second-order valence-electron chi connectivity index (χ2n) is 8.71. The molecule has 0 aliphatic carbocycles. The number of sulfone groups is 1. The molecule has 9 nitrogen and oxygen atoms in total. The lowest BCUT2D eigenvalue weighted by Gasteiger charge is -2.42. The van der Waals surface area contributed by atoms with Gasteiger partial charge in [-0.2, -0.15) is 23.7 Å². The van der Waals surface area contributed by atoms with Crippen LogP contribution in [0.2, 0.25) is 0 Å². The molecular weight excluding hydrogens is 545 g/mol. The zero-order chi connectivity index (χ0) is 28.8. The lowest BCUT2D eigenvalue weighted by atomic mass is 9.94. The maximum absolute atomic E-state index is 13.8. The van der Waals surface area contributed by atoms with Crippen molar-refractivity contribution < 1.29 is 34.8 Å². The molecule has 14 heteroatoms. The molecule has 38 heavy (non-hydrogen) atoms. The molecule has 0 fully saturated rings. The number of carbonyl (C=O) groups excluding carboxylic acids is 1. The molecule has 0 N–H and O–H groups in total. The van der Waals surface area contributed by atoms with Gasteiger partial charge in [0.25, 0.3) is 0 Å². The number of anilines is 1. The highest BCUT2D eigenvalue weighted by Gasteiger charge is 2.48. The van der Waals surface area contributed by atoms with Crippen LogP contribution in [0.15, 0.2) is 58.6 Å². The number of rotatable bonds is 5. The van der Waals surface area contributed by atoms with Gasteiger partial charge in [0.05, 0.1) is 44.7 Å². The molecule has 1 heterocycles. The Morgan fingerprint density at radius 2 is 1.63 bits per heavy atom. The summed E-state index contributed by atoms with van der Waals surface area (Å²) in [6.45, 7) is 3.75. The summed E-state index contributed by atoms with van der Waals surface area (Å²) in [5, 5.41) is 18.1. The minimum Gasteiger partial charge on any atom is -0.265 e. The predicted molar refractivity (Wildman–Crippen MR) is 131 cm³/mol. The Kier molecular flexibility index (Phi) is 7.38. The van der Waals surface area contributed by atoms with Crippen molar-refractivity contribution in [3.8, 4) is 12.1 Å². The van der Waals surface area contributed by atoms with Crippen molar-refractivity contribution >= 4 is 31.6 Å². The molecule has 200 valence electrons. The van der Waals surface area contributed by atoms with Gasteiger partial charge in [0.1, 0.15) is 6.04 Å². The number of halogens is 3. The third-order valence-corrected chi connectivity index (χ3v) is 9.13. The number of hydrogen-bond acceptors (Lipinski definition) is 7. The molecule has 2 aromatic rings. The Balaban J connectivity index is 2.46. The number of nitrogens with zero attached hydrogens (tertiary/aromatic N) is 4. The summed E-state index contributed by atoms with van der Waals surface area (Å²) in [5.41, 5.74) is -2.37. The maximum Gasteiger partial charge on any atom is 0.416 e. The number of hydrogen-bond donors (Lipinski definition) is 0. The van der Waals surface area contributed by atoms with Crippen molar-refractivity contribution in [1.29, 1.82) is 10.5 Å². The van der Waals surface area contributed by atoms with Gasteiger partial charge in [0.2, 0.25) is 10.0 Å². The molecule has 3 rings (SSSR count). The molecular formula is C24H21F3N4O5S2. The van der Waals surface area contributed by atoms with E-state index in [2.05, 4.69) is 0 Å². The summed E-state index contributed by atoms with van der Waals surface area (Å²) >= 11 is 0. The molecule has 2 amide bonds. The van der Waals surface area contributed by atoms with Crippen molar-refractivity contribution in [3.63, 3.8) is 0 Å². The van der Waals surface area contributed by atoms with Gasteiger partial charge in [-0.15, -0.1) is 0 Å². The summed E-state index contributed by atoms with van der Waals surface area (Å²) in [5.74, 6) is 0. The molecule has 0 radical (unpaired) electrons. The van der Waals surface area contributed by atoms with Gasteiger partial charge < -0.3 is 0 Å². The van der Waals surface area contributed by atoms with E-state index in [1.54, 1.807) is 6.07 Å². The number of urea groups is 1. The van der Waals surface area contributed by atoms with Crippen LogP contribution in [0.3, 0.4) is 0 Å². The summed E-state index contributed by atoms with van der Waals surface area (Å²) < 4.78 is 92.8. The number of nitriles is 2. The van der Waals surface area contributed by atoms with E-state index in [0.29, 0.717) is 15.3 Å². The van der Waals surface area contributed by atoms with E-state index < -0.39 is 53.8 Å². The average molecular weight is 567 g/mol. The standard InChI is InChI=1S/C24H21F3N4O5S2/c1-14(2)38(35,36)31-22(19-9-8-16(12-28)10-21(19)37(4,33)34)20(13-29)15(3)30(23(31)32)18-7-5-6-17(11-18)24(25,26)27/h5-11,14,22H,1-4H3/t22-/m1/s1. The largest absolute Gasteiger partial charge is 0.416 e. The Morgan fingerprint density at radius 1 is 1.00 bits per heavy atom. The first kappa shape index (κ1) is 28.7. The van der Waals surface area contributed by atoms with Crippen LogP contribution in [0, 0.1) is 22.7 Å². The van der Waals surface area contributed by atoms with E-state index in [-0.39, 0.29) is 28.1 Å². The molecule has 1 atom stereocenters. The van der Waals surface area contributed by atoms with Crippen LogP contribution in [0.4, 0.5) is 23.7 Å². The fourth-order valence-corrected chi connectivity index (χ4v) is 6.19. The van der Waals surface area contributed by atoms with Crippen LogP contribution in [0.25, 0.3) is 0 Å². The second kappa shape index (κ2) is 9.78. The van der Waals surface area contributed by atoms with Gasteiger partial charge in [-0.25, -0.2) is 25.9 Å². The average Bonchev–Trinajstić information content (AvgIpc) is 2.82. The smallest absolute Gasteiger partial charge is 0.265 e. The highest BCUT2D eigenvalue weighted by Crippen LogP contribution is 2.44. The van der Waals surface area contributed by atoms with Crippen molar-refractivity contribution in [2.45, 2.75) is 43.1 Å². The molecule has 0 unspecified atom stereocenters. The van der Waals surface area contributed by atoms with Crippen LogP contribution in [-0.4, -0.2) is 38.7 Å². The van der Waals surface area contributed by atoms with Gasteiger partial charge in [-0.05, 0) is 56.7 Å². The third-order valence-electron chi connectivity index (χ3n) is 5.87. The van der Waals surface area contributed by atoms with E-state index in [1.165, 1.54) is 26.8 Å². The normalized spacial score (nSPS) is 17.0. The Labute approximate surface area is 218 Å². The molecule has 0 spiro atoms. The van der Waals surface area contributed by atoms with Gasteiger partial charge in [-0.1, -0.05) is 12.1 Å². The first-order valence-electron chi connectivity index (χ1n) is 10.9. The Bertz CT molecular complexity index is 1650. The number of sulfonamides is 1. The van der Waals surface area contributed by atoms with Crippen molar-refractivity contribution in [2.24, 2.45) is 0 Å². The summed E-state index contributed by atoms with van der Waals surface area (Å²) in [6.07, 6.45) is -3.96. The van der Waals surface area contributed by atoms with Crippen LogP contribution in [0.5, 0.6) is 0 Å². The molecule has 2 aromatic carbocycles. The van der Waals surface area contributed by atoms with Crippen LogP contribution in [-0.2, 0) is 26.0 Å². The SMILES string of the molecule is CC1=C(C#N)[C@@H](c2ccc(C#N)cc2S(C)(=O)=O)N(S(=O)(=O)C(C)C)C(=O)N1c1cccc(C(F)(F)F)c1. The second-order valence-corrected chi connectivity index (χ2v) is 13.1. The minimum absolute atomic E-state index is 0.0700. The van der Waals surface area contributed by atoms with Crippen molar-refractivity contribution in [2.75, 3.05) is 11.2 Å². The number of carbonyl (C=O) groups is 1. The first-order valence-corrected chi connectivity index (χ1v) is 14.3. The summed E-state index contributed by atoms with van der Waals surface area (Å²) in [4.78, 5) is 14.0. The third kappa shape index (κ3) is 4.97. The number of benzene rings is 2. The van der Waals surface area contributed by atoms with Gasteiger partial charge in [0.15, 0.2) is 9.84 Å². The fourth-order valence-electron chi connectivity index (χ4n) is 3.97. The highest BCUT2D eigenvalue weighted by atomic mass is 32.2. The number of amides is 2. The lowest BCUT2D eigenvalue weighted by molar-refractivity contribution is -0.137. The molecule has 0 saturated heterocycles. The van der Waals surface area contributed by atoms with Crippen molar-refractivity contribution in [3.05, 3.63) is 70.4 Å². The summed E-state index contributed by atoms with van der Waals surface area (Å²) in [6, 6.07) is 7.45. The molecule has 1 aliphatic heterocycles. The minimum atomic E-state index is -4.77. The number of alkyl halides is 3. The van der Waals surface area contributed by atoms with E-state index in [4.69, 9.17) is 0 Å². The van der Waals surface area contributed by atoms with Crippen LogP contribution < -0.4 is 4.90 Å². The van der Waals surface area contributed by atoms with Crippen LogP contribution >= 0.6 is 0 Å². The highest BCUT2D eigenvalue weighted by molar-refractivity contribution is 7.91. The van der Waals surface area contributed by atoms with E-state index >= 15 is 0 Å². The fraction of sp³-hybridized carbons (Fsp3) is 0.292. The Morgan fingerprint density at radius 3 is 2.13 bits per heavy atom. The van der Waals surface area contributed by atoms with Crippen molar-refractivity contribution in [1.82, 2.24) is 4.31 Å².